The van der Waals surface area contributed by atoms with Gasteiger partial charge in [0, 0.05) is 43.8 Å². The molecule has 4 rings (SSSR count). The van der Waals surface area contributed by atoms with Gasteiger partial charge in [0.1, 0.15) is 0 Å². The van der Waals surface area contributed by atoms with Gasteiger partial charge >= 0.3 is 0 Å². The zero-order valence-electron chi connectivity index (χ0n) is 18.8. The Morgan fingerprint density at radius 2 is 1.86 bits per heavy atom. The first kappa shape index (κ1) is 25.2. The van der Waals surface area contributed by atoms with Crippen LogP contribution in [-0.4, -0.2) is 45.8 Å². The first-order valence-corrected chi connectivity index (χ1v) is 10.8. The van der Waals surface area contributed by atoms with Crippen LogP contribution in [0.1, 0.15) is 24.8 Å². The molecule has 0 saturated carbocycles. The normalized spacial score (nSPS) is 18.4. The number of ether oxygens (including phenoxy) is 1. The summed E-state index contributed by atoms with van der Waals surface area (Å²) in [6.07, 6.45) is 3.97. The highest BCUT2D eigenvalue weighted by Crippen LogP contribution is 2.40. The van der Waals surface area contributed by atoms with Crippen LogP contribution < -0.4 is 14.8 Å². The number of benzene rings is 1. The summed E-state index contributed by atoms with van der Waals surface area (Å²) >= 11 is 0. The van der Waals surface area contributed by atoms with Gasteiger partial charge in [0.25, 0.3) is 5.92 Å². The number of rotatable bonds is 6. The van der Waals surface area contributed by atoms with E-state index in [0.717, 1.165) is 24.8 Å². The minimum absolute atomic E-state index is 0.00640. The van der Waals surface area contributed by atoms with Gasteiger partial charge in [-0.1, -0.05) is 0 Å². The van der Waals surface area contributed by atoms with Gasteiger partial charge in [0.15, 0.2) is 41.4 Å². The topological polar surface area (TPSA) is 94.3 Å². The SMILES string of the molecule is CC(C(=O)Nc1cnc(Oc2cc(F)c(F)cc2F)cn1)N1CCC(F)(F)C(c2cc[n+]([O-])cc2)C1. The molecule has 0 aliphatic carbocycles. The molecule has 2 atom stereocenters. The van der Waals surface area contributed by atoms with Crippen molar-refractivity contribution in [3.8, 4) is 11.6 Å². The third-order valence-corrected chi connectivity index (χ3v) is 5.89. The molecule has 3 aromatic rings. The van der Waals surface area contributed by atoms with E-state index in [1.54, 1.807) is 11.8 Å². The minimum Gasteiger partial charge on any atom is -0.619 e. The predicted molar refractivity (Wildman–Crippen MR) is 116 cm³/mol. The molecule has 2 aromatic heterocycles. The van der Waals surface area contributed by atoms with Crippen molar-refractivity contribution >= 4 is 11.7 Å². The van der Waals surface area contributed by atoms with Gasteiger partial charge in [-0.25, -0.2) is 31.9 Å². The van der Waals surface area contributed by atoms with Gasteiger partial charge < -0.3 is 15.3 Å². The maximum absolute atomic E-state index is 14.6. The van der Waals surface area contributed by atoms with Crippen molar-refractivity contribution in [2.45, 2.75) is 31.2 Å². The lowest BCUT2D eigenvalue weighted by Crippen LogP contribution is -2.52. The van der Waals surface area contributed by atoms with E-state index in [4.69, 9.17) is 4.74 Å². The Kier molecular flexibility index (Phi) is 7.02. The summed E-state index contributed by atoms with van der Waals surface area (Å²) in [7, 11) is 0. The van der Waals surface area contributed by atoms with Crippen LogP contribution in [0.4, 0.5) is 27.8 Å². The molecule has 190 valence electrons. The van der Waals surface area contributed by atoms with Crippen LogP contribution in [0.25, 0.3) is 0 Å². The summed E-state index contributed by atoms with van der Waals surface area (Å²) in [4.78, 5) is 22.1. The standard InChI is InChI=1S/C23H20F5N5O3/c1-13(32-7-4-23(27,28)15(12-32)14-2-5-33(35)6-3-14)22(34)31-20-10-30-21(11-29-20)36-19-9-17(25)16(24)8-18(19)26/h2-3,5-6,8-11,13,15H,4,7,12H2,1H3,(H,29,31,34). The Morgan fingerprint density at radius 3 is 2.53 bits per heavy atom. The highest BCUT2D eigenvalue weighted by molar-refractivity contribution is 5.93. The average molecular weight is 509 g/mol. The fourth-order valence-corrected chi connectivity index (χ4v) is 3.81. The summed E-state index contributed by atoms with van der Waals surface area (Å²) < 4.78 is 74.8. The van der Waals surface area contributed by atoms with Crippen molar-refractivity contribution < 1.29 is 36.2 Å². The van der Waals surface area contributed by atoms with Crippen molar-refractivity contribution in [2.24, 2.45) is 0 Å². The minimum atomic E-state index is -3.00. The Labute approximate surface area is 201 Å². The summed E-state index contributed by atoms with van der Waals surface area (Å²) in [6.45, 7) is 1.43. The van der Waals surface area contributed by atoms with Gasteiger partial charge in [-0.2, -0.15) is 4.73 Å². The first-order valence-electron chi connectivity index (χ1n) is 10.8. The lowest BCUT2D eigenvalue weighted by molar-refractivity contribution is -0.605. The molecule has 1 fully saturated rings. The second-order valence-electron chi connectivity index (χ2n) is 8.25. The molecule has 0 radical (unpaired) electrons. The zero-order valence-corrected chi connectivity index (χ0v) is 18.8. The number of likely N-dealkylation sites (tertiary alicyclic amines) is 1. The largest absolute Gasteiger partial charge is 0.619 e. The van der Waals surface area contributed by atoms with E-state index in [-0.39, 0.29) is 24.8 Å². The Hall–Kier alpha value is -3.87. The van der Waals surface area contributed by atoms with E-state index in [9.17, 15) is 32.0 Å². The number of halogens is 5. The molecule has 1 aliphatic rings. The van der Waals surface area contributed by atoms with Gasteiger partial charge in [-0.15, -0.1) is 0 Å². The van der Waals surface area contributed by atoms with Crippen molar-refractivity contribution in [3.63, 3.8) is 0 Å². The zero-order chi connectivity index (χ0) is 26.0. The van der Waals surface area contributed by atoms with Crippen molar-refractivity contribution in [2.75, 3.05) is 18.4 Å². The van der Waals surface area contributed by atoms with E-state index >= 15 is 0 Å². The molecule has 1 amide bonds. The first-order chi connectivity index (χ1) is 17.0. The highest BCUT2D eigenvalue weighted by atomic mass is 19.3. The number of aromatic nitrogens is 3. The van der Waals surface area contributed by atoms with Gasteiger partial charge in [-0.3, -0.25) is 9.69 Å². The van der Waals surface area contributed by atoms with Crippen LogP contribution >= 0.6 is 0 Å². The number of pyridine rings is 1. The van der Waals surface area contributed by atoms with Gasteiger partial charge in [0.05, 0.1) is 24.4 Å². The van der Waals surface area contributed by atoms with Crippen LogP contribution in [0, 0.1) is 22.7 Å². The number of nitrogens with one attached hydrogen (secondary N) is 1. The molecule has 1 aromatic carbocycles. The van der Waals surface area contributed by atoms with Gasteiger partial charge in [0.2, 0.25) is 11.8 Å². The van der Waals surface area contributed by atoms with Crippen LogP contribution in [0.15, 0.2) is 49.1 Å². The maximum atomic E-state index is 14.6. The third kappa shape index (κ3) is 5.51. The van der Waals surface area contributed by atoms with Crippen molar-refractivity contribution in [1.29, 1.82) is 0 Å². The summed E-state index contributed by atoms with van der Waals surface area (Å²) in [5, 5.41) is 13.8. The van der Waals surface area contributed by atoms with E-state index in [1.165, 1.54) is 12.1 Å². The molecule has 2 unspecified atom stereocenters. The van der Waals surface area contributed by atoms with Crippen molar-refractivity contribution in [1.82, 2.24) is 14.9 Å². The summed E-state index contributed by atoms with van der Waals surface area (Å²) in [5.41, 5.74) is 0.295. The Balaban J connectivity index is 1.39. The molecule has 0 bridgehead atoms. The molecule has 3 heterocycles. The molecule has 1 saturated heterocycles. The number of carbonyl (C=O) groups excluding carboxylic acids is 1. The van der Waals surface area contributed by atoms with E-state index in [0.29, 0.717) is 22.4 Å². The third-order valence-electron chi connectivity index (χ3n) is 5.89. The number of anilines is 1. The molecule has 1 N–H and O–H groups in total. The van der Waals surface area contributed by atoms with Crippen molar-refractivity contribution in [3.05, 3.63) is 77.3 Å². The summed E-state index contributed by atoms with van der Waals surface area (Å²) in [5.74, 6) is -9.40. The number of hydrogen-bond donors (Lipinski definition) is 1. The van der Waals surface area contributed by atoms with Gasteiger partial charge in [-0.05, 0) is 12.5 Å². The monoisotopic (exact) mass is 509 g/mol. The average Bonchev–Trinajstić information content (AvgIpc) is 2.84. The maximum Gasteiger partial charge on any atom is 0.257 e. The quantitative estimate of drug-likeness (QED) is 0.235. The molecule has 1 aliphatic heterocycles. The number of alkyl halides is 2. The highest BCUT2D eigenvalue weighted by Gasteiger charge is 2.46. The van der Waals surface area contributed by atoms with Crippen LogP contribution in [-0.2, 0) is 4.79 Å². The number of nitrogens with zero attached hydrogens (tertiary/aromatic N) is 4. The predicted octanol–water partition coefficient (Wildman–Crippen LogP) is 3.77. The number of carbonyl (C=O) groups is 1. The molecular formula is C23H20F5N5O3. The second-order valence-corrected chi connectivity index (χ2v) is 8.25. The van der Waals surface area contributed by atoms with Crippen LogP contribution in [0.5, 0.6) is 11.6 Å². The fourth-order valence-electron chi connectivity index (χ4n) is 3.81. The Morgan fingerprint density at radius 1 is 1.17 bits per heavy atom. The molecule has 13 heteroatoms. The molecular weight excluding hydrogens is 489 g/mol. The smallest absolute Gasteiger partial charge is 0.257 e. The number of hydrogen-bond acceptors (Lipinski definition) is 6. The summed E-state index contributed by atoms with van der Waals surface area (Å²) in [6, 6.07) is 2.72. The van der Waals surface area contributed by atoms with E-state index in [2.05, 4.69) is 15.3 Å². The number of amides is 1. The molecule has 36 heavy (non-hydrogen) atoms. The van der Waals surface area contributed by atoms with E-state index in [1.807, 2.05) is 0 Å². The van der Waals surface area contributed by atoms with E-state index < -0.39 is 53.4 Å². The Bertz CT molecular complexity index is 1240. The number of piperidine rings is 1. The lowest BCUT2D eigenvalue weighted by Gasteiger charge is -2.40. The lowest BCUT2D eigenvalue weighted by atomic mass is 9.87. The van der Waals surface area contributed by atoms with Crippen LogP contribution in [0.3, 0.4) is 0 Å². The molecule has 8 nitrogen and oxygen atoms in total. The fraction of sp³-hybridized carbons (Fsp3) is 0.304. The van der Waals surface area contributed by atoms with Crippen LogP contribution in [0.2, 0.25) is 0 Å². The second kappa shape index (κ2) is 10.0. The molecule has 0 spiro atoms.